The van der Waals surface area contributed by atoms with Gasteiger partial charge < -0.3 is 9.80 Å². The lowest BCUT2D eigenvalue weighted by atomic mass is 9.65. The van der Waals surface area contributed by atoms with Gasteiger partial charge in [-0.05, 0) is 30.9 Å². The molecule has 1 aromatic rings. The molecule has 0 unspecified atom stereocenters. The lowest BCUT2D eigenvalue weighted by molar-refractivity contribution is -0.131. The summed E-state index contributed by atoms with van der Waals surface area (Å²) in [6.45, 7) is 4.03. The molecule has 0 spiro atoms. The number of rotatable bonds is 1. The molecule has 2 aliphatic rings. The molecule has 1 amide bonds. The minimum atomic E-state index is 0.0456. The summed E-state index contributed by atoms with van der Waals surface area (Å²) in [6.07, 6.45) is 3.51. The first-order valence-electron chi connectivity index (χ1n) is 7.53. The van der Waals surface area contributed by atoms with Gasteiger partial charge in [0, 0.05) is 44.2 Å². The summed E-state index contributed by atoms with van der Waals surface area (Å²) in [5.41, 5.74) is 2.79. The van der Waals surface area contributed by atoms with Crippen LogP contribution in [-0.4, -0.2) is 37.0 Å². The molecular formula is C17H24N2O. The zero-order valence-electron chi connectivity index (χ0n) is 12.9. The molecule has 20 heavy (non-hydrogen) atoms. The third-order valence-corrected chi connectivity index (χ3v) is 5.64. The van der Waals surface area contributed by atoms with Crippen molar-refractivity contribution in [2.45, 2.75) is 50.6 Å². The maximum absolute atomic E-state index is 11.9. The highest BCUT2D eigenvalue weighted by atomic mass is 16.2. The summed E-state index contributed by atoms with van der Waals surface area (Å²) < 4.78 is 0. The number of benzene rings is 1. The molecule has 0 radical (unpaired) electrons. The van der Waals surface area contributed by atoms with Crippen LogP contribution in [-0.2, 0) is 10.2 Å². The van der Waals surface area contributed by atoms with E-state index in [0.717, 1.165) is 6.42 Å². The number of amides is 1. The van der Waals surface area contributed by atoms with Gasteiger partial charge in [-0.2, -0.15) is 0 Å². The van der Waals surface area contributed by atoms with E-state index in [1.54, 1.807) is 6.92 Å². The van der Waals surface area contributed by atoms with Gasteiger partial charge in [0.05, 0.1) is 0 Å². The number of fused-ring (bicyclic) bond motifs is 3. The van der Waals surface area contributed by atoms with Crippen LogP contribution in [0.25, 0.3) is 0 Å². The molecule has 0 saturated heterocycles. The summed E-state index contributed by atoms with van der Waals surface area (Å²) in [6, 6.07) is 9.49. The third-order valence-electron chi connectivity index (χ3n) is 5.64. The van der Waals surface area contributed by atoms with E-state index in [4.69, 9.17) is 0 Å². The van der Waals surface area contributed by atoms with Crippen molar-refractivity contribution in [1.29, 1.82) is 0 Å². The molecule has 3 atom stereocenters. The van der Waals surface area contributed by atoms with Crippen LogP contribution in [0.3, 0.4) is 0 Å². The molecule has 1 aromatic carbocycles. The Morgan fingerprint density at radius 2 is 2.05 bits per heavy atom. The molecule has 0 N–H and O–H groups in total. The van der Waals surface area contributed by atoms with Gasteiger partial charge in [-0.3, -0.25) is 4.79 Å². The van der Waals surface area contributed by atoms with Gasteiger partial charge in [0.1, 0.15) is 0 Å². The summed E-state index contributed by atoms with van der Waals surface area (Å²) >= 11 is 0. The molecule has 0 aromatic heterocycles. The Hall–Kier alpha value is -1.51. The number of anilines is 1. The Balaban J connectivity index is 2.12. The number of para-hydroxylation sites is 1. The number of carbonyl (C=O) groups is 1. The first kappa shape index (κ1) is 13.5. The van der Waals surface area contributed by atoms with Gasteiger partial charge >= 0.3 is 0 Å². The summed E-state index contributed by atoms with van der Waals surface area (Å²) in [5, 5.41) is 0. The zero-order chi connectivity index (χ0) is 14.5. The van der Waals surface area contributed by atoms with Gasteiger partial charge in [-0.1, -0.05) is 25.1 Å². The van der Waals surface area contributed by atoms with Crippen LogP contribution in [0.2, 0.25) is 0 Å². The van der Waals surface area contributed by atoms with Gasteiger partial charge in [0.25, 0.3) is 0 Å². The van der Waals surface area contributed by atoms with Crippen molar-refractivity contribution in [3.63, 3.8) is 0 Å². The van der Waals surface area contributed by atoms with Gasteiger partial charge in [-0.25, -0.2) is 0 Å². The smallest absolute Gasteiger partial charge is 0.219 e. The minimum absolute atomic E-state index is 0.0456. The Kier molecular flexibility index (Phi) is 3.03. The molecule has 3 heteroatoms. The number of nitrogens with zero attached hydrogens (tertiary/aromatic N) is 2. The SMILES string of the molecule is CC(=O)N(C)[C@@H]1CCC[C@@H]2N(C)c3ccccc3[C@@]21C. The van der Waals surface area contributed by atoms with Crippen molar-refractivity contribution in [1.82, 2.24) is 4.90 Å². The fraction of sp³-hybridized carbons (Fsp3) is 0.588. The quantitative estimate of drug-likeness (QED) is 0.785. The van der Waals surface area contributed by atoms with E-state index in [9.17, 15) is 4.79 Å². The van der Waals surface area contributed by atoms with E-state index in [1.807, 2.05) is 11.9 Å². The lowest BCUT2D eigenvalue weighted by Crippen LogP contribution is -2.58. The molecule has 0 bridgehead atoms. The number of carbonyl (C=O) groups excluding carboxylic acids is 1. The summed E-state index contributed by atoms with van der Waals surface area (Å²) in [7, 11) is 4.16. The van der Waals surface area contributed by atoms with Crippen molar-refractivity contribution in [3.8, 4) is 0 Å². The second-order valence-electron chi connectivity index (χ2n) is 6.50. The maximum Gasteiger partial charge on any atom is 0.219 e. The third kappa shape index (κ3) is 1.62. The van der Waals surface area contributed by atoms with Crippen LogP contribution in [0, 0.1) is 0 Å². The Morgan fingerprint density at radius 3 is 2.75 bits per heavy atom. The van der Waals surface area contributed by atoms with E-state index < -0.39 is 0 Å². The van der Waals surface area contributed by atoms with Crippen molar-refractivity contribution in [2.24, 2.45) is 0 Å². The Bertz CT molecular complexity index is 542. The van der Waals surface area contributed by atoms with Crippen molar-refractivity contribution in [3.05, 3.63) is 29.8 Å². The van der Waals surface area contributed by atoms with Crippen molar-refractivity contribution < 1.29 is 4.79 Å². The molecule has 108 valence electrons. The van der Waals surface area contributed by atoms with Crippen LogP contribution < -0.4 is 4.90 Å². The average Bonchev–Trinajstić information content (AvgIpc) is 2.67. The maximum atomic E-state index is 11.9. The average molecular weight is 272 g/mol. The van der Waals surface area contributed by atoms with Gasteiger partial charge in [0.15, 0.2) is 0 Å². The molecule has 1 heterocycles. The minimum Gasteiger partial charge on any atom is -0.370 e. The topological polar surface area (TPSA) is 23.6 Å². The van der Waals surface area contributed by atoms with Crippen LogP contribution in [0.1, 0.15) is 38.7 Å². The largest absolute Gasteiger partial charge is 0.370 e. The molecule has 3 nitrogen and oxygen atoms in total. The van der Waals surface area contributed by atoms with Gasteiger partial charge in [0.2, 0.25) is 5.91 Å². The summed E-state index contributed by atoms with van der Waals surface area (Å²) in [5.74, 6) is 0.170. The fourth-order valence-electron chi connectivity index (χ4n) is 4.50. The predicted molar refractivity (Wildman–Crippen MR) is 82.1 cm³/mol. The van der Waals surface area contributed by atoms with E-state index in [1.165, 1.54) is 24.1 Å². The van der Waals surface area contributed by atoms with Crippen LogP contribution in [0.15, 0.2) is 24.3 Å². The monoisotopic (exact) mass is 272 g/mol. The lowest BCUT2D eigenvalue weighted by Gasteiger charge is -2.48. The number of hydrogen-bond acceptors (Lipinski definition) is 2. The molecule has 1 fully saturated rings. The van der Waals surface area contributed by atoms with Crippen molar-refractivity contribution in [2.75, 3.05) is 19.0 Å². The highest BCUT2D eigenvalue weighted by molar-refractivity contribution is 5.74. The van der Waals surface area contributed by atoms with Crippen LogP contribution in [0.5, 0.6) is 0 Å². The second kappa shape index (κ2) is 4.51. The van der Waals surface area contributed by atoms with Gasteiger partial charge in [-0.15, -0.1) is 0 Å². The first-order chi connectivity index (χ1) is 9.48. The highest BCUT2D eigenvalue weighted by Crippen LogP contribution is 2.52. The molecular weight excluding hydrogens is 248 g/mol. The zero-order valence-corrected chi connectivity index (χ0v) is 12.9. The second-order valence-corrected chi connectivity index (χ2v) is 6.50. The van der Waals surface area contributed by atoms with Crippen LogP contribution in [0.4, 0.5) is 5.69 Å². The van der Waals surface area contributed by atoms with E-state index >= 15 is 0 Å². The fourth-order valence-corrected chi connectivity index (χ4v) is 4.50. The molecule has 1 saturated carbocycles. The summed E-state index contributed by atoms with van der Waals surface area (Å²) in [4.78, 5) is 16.3. The molecule has 1 aliphatic carbocycles. The van der Waals surface area contributed by atoms with E-state index in [2.05, 4.69) is 43.1 Å². The molecule has 3 rings (SSSR count). The first-order valence-corrected chi connectivity index (χ1v) is 7.53. The highest BCUT2D eigenvalue weighted by Gasteiger charge is 2.54. The number of hydrogen-bond donors (Lipinski definition) is 0. The Morgan fingerprint density at radius 1 is 1.35 bits per heavy atom. The van der Waals surface area contributed by atoms with Crippen molar-refractivity contribution >= 4 is 11.6 Å². The Labute approximate surface area is 121 Å². The van der Waals surface area contributed by atoms with Crippen LogP contribution >= 0.6 is 0 Å². The normalized spacial score (nSPS) is 31.7. The predicted octanol–water partition coefficient (Wildman–Crippen LogP) is 2.79. The molecule has 1 aliphatic heterocycles. The number of likely N-dealkylation sites (N-methyl/N-ethyl adjacent to an activating group) is 2. The standard InChI is InChI=1S/C17H24N2O/c1-12(20)18(3)15-10-7-11-16-17(15,2)13-8-5-6-9-14(13)19(16)4/h5-6,8-9,15-16H,7,10-11H2,1-4H3/t15-,16+,17-/m1/s1. The van der Waals surface area contributed by atoms with E-state index in [0.29, 0.717) is 12.1 Å². The van der Waals surface area contributed by atoms with E-state index in [-0.39, 0.29) is 11.3 Å².